The second-order valence-corrected chi connectivity index (χ2v) is 6.53. The van der Waals surface area contributed by atoms with Gasteiger partial charge < -0.3 is 4.98 Å². The van der Waals surface area contributed by atoms with E-state index >= 15 is 0 Å². The van der Waals surface area contributed by atoms with Crippen molar-refractivity contribution >= 4 is 28.3 Å². The largest absolute Gasteiger partial charge is 0.381 e. The van der Waals surface area contributed by atoms with Crippen LogP contribution in [0, 0.1) is 6.92 Å². The van der Waals surface area contributed by atoms with Gasteiger partial charge in [-0.25, -0.2) is 14.7 Å². The molecule has 2 aromatic carbocycles. The van der Waals surface area contributed by atoms with Crippen molar-refractivity contribution in [3.8, 4) is 22.5 Å². The Bertz CT molecular complexity index is 1050. The van der Waals surface area contributed by atoms with Gasteiger partial charge in [-0.1, -0.05) is 24.3 Å². The van der Waals surface area contributed by atoms with E-state index in [9.17, 15) is 9.32 Å². The minimum absolute atomic E-state index is 0.106. The summed E-state index contributed by atoms with van der Waals surface area (Å²) in [5, 5.41) is 4.13. The summed E-state index contributed by atoms with van der Waals surface area (Å²) < 4.78 is 12.4. The van der Waals surface area contributed by atoms with Crippen molar-refractivity contribution in [3.05, 3.63) is 64.4 Å². The molecular formula is C19H13FN2O2S. The van der Waals surface area contributed by atoms with Gasteiger partial charge in [0, 0.05) is 10.1 Å². The van der Waals surface area contributed by atoms with Crippen molar-refractivity contribution in [2.75, 3.05) is 0 Å². The molecule has 0 fully saturated rings. The molecule has 0 aliphatic carbocycles. The maximum atomic E-state index is 12.4. The number of halogens is 1. The van der Waals surface area contributed by atoms with Crippen molar-refractivity contribution in [1.82, 2.24) is 9.97 Å². The monoisotopic (exact) mass is 352 g/mol. The SMILES string of the molecule is Cc1cc(C(=O)OF)c2nc(-c3ccc(-c4ccsc4)cc3)[nH]c2c1. The molecule has 0 spiro atoms. The number of fused-ring (bicyclic) bond motifs is 1. The van der Waals surface area contributed by atoms with Crippen LogP contribution in [-0.4, -0.2) is 15.9 Å². The molecule has 4 aromatic rings. The molecule has 6 heteroatoms. The number of hydrogen-bond donors (Lipinski definition) is 1. The number of carbonyl (C=O) groups is 1. The molecule has 4 rings (SSSR count). The van der Waals surface area contributed by atoms with Crippen LogP contribution in [0.25, 0.3) is 33.5 Å². The summed E-state index contributed by atoms with van der Waals surface area (Å²) >= 11 is 1.65. The van der Waals surface area contributed by atoms with Crippen LogP contribution < -0.4 is 0 Å². The molecule has 0 atom stereocenters. The zero-order valence-electron chi connectivity index (χ0n) is 13.2. The molecular weight excluding hydrogens is 339 g/mol. The summed E-state index contributed by atoms with van der Waals surface area (Å²) in [6.07, 6.45) is 0. The molecule has 25 heavy (non-hydrogen) atoms. The van der Waals surface area contributed by atoms with Crippen molar-refractivity contribution in [2.45, 2.75) is 6.92 Å². The van der Waals surface area contributed by atoms with Gasteiger partial charge in [0.05, 0.1) is 11.1 Å². The van der Waals surface area contributed by atoms with Crippen LogP contribution in [0.5, 0.6) is 0 Å². The Labute approximate surface area is 146 Å². The average molecular weight is 352 g/mol. The first-order chi connectivity index (χ1) is 12.2. The minimum Gasteiger partial charge on any atom is -0.338 e. The summed E-state index contributed by atoms with van der Waals surface area (Å²) in [4.78, 5) is 22.7. The van der Waals surface area contributed by atoms with E-state index in [0.717, 1.165) is 16.7 Å². The molecule has 0 saturated carbocycles. The number of aromatic amines is 1. The van der Waals surface area contributed by atoms with Gasteiger partial charge in [-0.05, 0) is 52.6 Å². The fourth-order valence-corrected chi connectivity index (χ4v) is 3.51. The Morgan fingerprint density at radius 2 is 1.88 bits per heavy atom. The summed E-state index contributed by atoms with van der Waals surface area (Å²) in [6.45, 7) is 1.82. The first-order valence-corrected chi connectivity index (χ1v) is 8.56. The van der Waals surface area contributed by atoms with Crippen molar-refractivity contribution < 1.29 is 14.3 Å². The molecule has 0 unspecified atom stereocenters. The van der Waals surface area contributed by atoms with Crippen LogP contribution in [0.2, 0.25) is 0 Å². The third kappa shape index (κ3) is 2.81. The number of aryl methyl sites for hydroxylation is 1. The Morgan fingerprint density at radius 1 is 1.12 bits per heavy atom. The normalized spacial score (nSPS) is 11.0. The van der Waals surface area contributed by atoms with Crippen LogP contribution >= 0.6 is 11.3 Å². The van der Waals surface area contributed by atoms with Crippen molar-refractivity contribution in [3.63, 3.8) is 0 Å². The zero-order valence-corrected chi connectivity index (χ0v) is 14.1. The molecule has 0 radical (unpaired) electrons. The second kappa shape index (κ2) is 6.14. The highest BCUT2D eigenvalue weighted by Gasteiger charge is 2.17. The van der Waals surface area contributed by atoms with Crippen LogP contribution in [0.4, 0.5) is 4.53 Å². The maximum absolute atomic E-state index is 12.4. The van der Waals surface area contributed by atoms with Crippen LogP contribution in [-0.2, 0) is 4.94 Å². The third-order valence-corrected chi connectivity index (χ3v) is 4.72. The van der Waals surface area contributed by atoms with Gasteiger partial charge in [0.2, 0.25) is 0 Å². The van der Waals surface area contributed by atoms with Gasteiger partial charge in [-0.3, -0.25) is 0 Å². The number of imidazole rings is 1. The number of benzene rings is 2. The van der Waals surface area contributed by atoms with Gasteiger partial charge in [0.15, 0.2) is 0 Å². The Hall–Kier alpha value is -2.99. The number of nitrogens with zero attached hydrogens (tertiary/aromatic N) is 1. The highest BCUT2D eigenvalue weighted by atomic mass is 32.1. The Balaban J connectivity index is 1.78. The lowest BCUT2D eigenvalue weighted by Gasteiger charge is -2.00. The van der Waals surface area contributed by atoms with E-state index in [2.05, 4.69) is 26.4 Å². The molecule has 4 nitrogen and oxygen atoms in total. The fraction of sp³-hybridized carbons (Fsp3) is 0.0526. The standard InChI is InChI=1S/C19H13FN2O2S/c1-11-8-15(19(23)24-20)17-16(9-11)21-18(22-17)13-4-2-12(3-5-13)14-6-7-25-10-14/h2-10H,1H3,(H,21,22). The Morgan fingerprint density at radius 3 is 2.56 bits per heavy atom. The number of hydrogen-bond acceptors (Lipinski definition) is 4. The number of rotatable bonds is 3. The predicted octanol–water partition coefficient (Wildman–Crippen LogP) is 5.31. The third-order valence-electron chi connectivity index (χ3n) is 4.03. The highest BCUT2D eigenvalue weighted by Crippen LogP contribution is 2.28. The van der Waals surface area contributed by atoms with Crippen molar-refractivity contribution in [1.29, 1.82) is 0 Å². The maximum Gasteiger partial charge on any atom is 0.381 e. The number of carbonyl (C=O) groups excluding carboxylic acids is 1. The van der Waals surface area contributed by atoms with E-state index in [-0.39, 0.29) is 5.56 Å². The second-order valence-electron chi connectivity index (χ2n) is 5.75. The average Bonchev–Trinajstić information content (AvgIpc) is 3.30. The van der Waals surface area contributed by atoms with E-state index in [4.69, 9.17) is 0 Å². The lowest BCUT2D eigenvalue weighted by atomic mass is 10.1. The summed E-state index contributed by atoms with van der Waals surface area (Å²) in [5.74, 6) is -0.426. The molecule has 0 aliphatic heterocycles. The predicted molar refractivity (Wildman–Crippen MR) is 96.1 cm³/mol. The number of H-pyrrole nitrogens is 1. The molecule has 1 N–H and O–H groups in total. The number of thiophene rings is 1. The first kappa shape index (κ1) is 15.5. The van der Waals surface area contributed by atoms with Crippen LogP contribution in [0.15, 0.2) is 53.2 Å². The quantitative estimate of drug-likeness (QED) is 0.544. The van der Waals surface area contributed by atoms with Gasteiger partial charge in [0.1, 0.15) is 11.3 Å². The lowest BCUT2D eigenvalue weighted by molar-refractivity contribution is -0.0786. The van der Waals surface area contributed by atoms with Crippen LogP contribution in [0.1, 0.15) is 15.9 Å². The molecule has 2 aromatic heterocycles. The highest BCUT2D eigenvalue weighted by molar-refractivity contribution is 7.08. The summed E-state index contributed by atoms with van der Waals surface area (Å²) in [7, 11) is 0. The zero-order chi connectivity index (χ0) is 17.4. The molecule has 2 heterocycles. The molecule has 0 saturated heterocycles. The smallest absolute Gasteiger partial charge is 0.338 e. The van der Waals surface area contributed by atoms with Gasteiger partial charge in [-0.2, -0.15) is 11.3 Å². The van der Waals surface area contributed by atoms with Gasteiger partial charge in [0.25, 0.3) is 0 Å². The first-order valence-electron chi connectivity index (χ1n) is 7.62. The van der Waals surface area contributed by atoms with Gasteiger partial charge in [-0.15, -0.1) is 0 Å². The molecule has 0 bridgehead atoms. The van der Waals surface area contributed by atoms with E-state index < -0.39 is 5.97 Å². The minimum atomic E-state index is -1.04. The van der Waals surface area contributed by atoms with Crippen molar-refractivity contribution in [2.24, 2.45) is 0 Å². The van der Waals surface area contributed by atoms with E-state index in [1.165, 1.54) is 5.56 Å². The molecule has 0 amide bonds. The van der Waals surface area contributed by atoms with E-state index in [1.54, 1.807) is 17.4 Å². The number of nitrogens with one attached hydrogen (secondary N) is 1. The van der Waals surface area contributed by atoms with Gasteiger partial charge >= 0.3 is 5.97 Å². The van der Waals surface area contributed by atoms with E-state index in [1.807, 2.05) is 42.6 Å². The van der Waals surface area contributed by atoms with E-state index in [0.29, 0.717) is 16.9 Å². The van der Waals surface area contributed by atoms with Crippen LogP contribution in [0.3, 0.4) is 0 Å². The Kier molecular flexibility index (Phi) is 3.82. The number of aromatic nitrogens is 2. The topological polar surface area (TPSA) is 55.0 Å². The molecule has 124 valence electrons. The molecule has 0 aliphatic rings. The summed E-state index contributed by atoms with van der Waals surface area (Å²) in [5.41, 5.74) is 5.16. The lowest BCUT2D eigenvalue weighted by Crippen LogP contribution is -2.00. The summed E-state index contributed by atoms with van der Waals surface area (Å²) in [6, 6.07) is 13.5. The fourth-order valence-electron chi connectivity index (χ4n) is 2.85.